The van der Waals surface area contributed by atoms with E-state index in [2.05, 4.69) is 10.3 Å². The lowest BCUT2D eigenvalue weighted by Crippen LogP contribution is -2.23. The maximum absolute atomic E-state index is 13.4. The van der Waals surface area contributed by atoms with Gasteiger partial charge in [-0.3, -0.25) is 14.2 Å². The van der Waals surface area contributed by atoms with Crippen LogP contribution in [0.1, 0.15) is 26.4 Å². The Hall–Kier alpha value is -3.03. The molecule has 0 aliphatic heterocycles. The Labute approximate surface area is 180 Å². The first-order valence-electron chi connectivity index (χ1n) is 9.18. The second-order valence-corrected chi connectivity index (χ2v) is 8.22. The first-order valence-corrected chi connectivity index (χ1v) is 10.4. The second-order valence-electron chi connectivity index (χ2n) is 6.82. The van der Waals surface area contributed by atoms with Crippen molar-refractivity contribution in [3.8, 4) is 0 Å². The number of nitrogens with zero attached hydrogens (tertiary/aromatic N) is 2. The first-order chi connectivity index (χ1) is 14.4. The fraction of sp³-hybridized carbons (Fsp3) is 0.136. The van der Waals surface area contributed by atoms with Crippen molar-refractivity contribution in [1.82, 2.24) is 14.9 Å². The summed E-state index contributed by atoms with van der Waals surface area (Å²) in [6.07, 6.45) is 1.43. The molecular formula is C22H17ClFN3O2S. The van der Waals surface area contributed by atoms with Gasteiger partial charge in [0.1, 0.15) is 10.6 Å². The number of aromatic nitrogens is 2. The summed E-state index contributed by atoms with van der Waals surface area (Å²) in [5.74, 6) is -0.648. The van der Waals surface area contributed by atoms with Crippen molar-refractivity contribution < 1.29 is 9.18 Å². The molecule has 30 heavy (non-hydrogen) atoms. The monoisotopic (exact) mass is 441 g/mol. The van der Waals surface area contributed by atoms with E-state index in [1.54, 1.807) is 25.1 Å². The number of halogens is 2. The summed E-state index contributed by atoms with van der Waals surface area (Å²) < 4.78 is 14.9. The minimum Gasteiger partial charge on any atom is -0.347 e. The molecule has 0 spiro atoms. The standard InChI is InChI=1S/C22H17ClFN3O2S/c1-13-18-21(26-12-27(22(18)29)11-14-5-4-7-16(24)9-14)30-19(13)20(28)25-10-15-6-2-3-8-17(15)23/h2-9,12H,10-11H2,1H3,(H,25,28). The zero-order valence-electron chi connectivity index (χ0n) is 16.0. The molecule has 0 aliphatic rings. The Morgan fingerprint density at radius 2 is 2.03 bits per heavy atom. The van der Waals surface area contributed by atoms with E-state index in [-0.39, 0.29) is 30.4 Å². The van der Waals surface area contributed by atoms with Gasteiger partial charge in [0.05, 0.1) is 23.1 Å². The van der Waals surface area contributed by atoms with Gasteiger partial charge in [-0.2, -0.15) is 0 Å². The molecule has 2 aromatic carbocycles. The van der Waals surface area contributed by atoms with Crippen LogP contribution < -0.4 is 10.9 Å². The summed E-state index contributed by atoms with van der Waals surface area (Å²) >= 11 is 7.31. The van der Waals surface area contributed by atoms with E-state index in [4.69, 9.17) is 11.6 Å². The summed E-state index contributed by atoms with van der Waals surface area (Å²) in [7, 11) is 0. The van der Waals surface area contributed by atoms with E-state index in [9.17, 15) is 14.0 Å². The fourth-order valence-electron chi connectivity index (χ4n) is 3.22. The van der Waals surface area contributed by atoms with E-state index in [1.807, 2.05) is 18.2 Å². The average Bonchev–Trinajstić information content (AvgIpc) is 3.06. The normalized spacial score (nSPS) is 11.0. The number of benzene rings is 2. The highest BCUT2D eigenvalue weighted by Gasteiger charge is 2.19. The number of nitrogens with one attached hydrogen (secondary N) is 1. The van der Waals surface area contributed by atoms with Crippen LogP contribution in [0.4, 0.5) is 4.39 Å². The van der Waals surface area contributed by atoms with Gasteiger partial charge in [0.15, 0.2) is 0 Å². The summed E-state index contributed by atoms with van der Waals surface area (Å²) in [6.45, 7) is 2.21. The number of aryl methyl sites for hydroxylation is 1. The van der Waals surface area contributed by atoms with Crippen LogP contribution in [0.25, 0.3) is 10.2 Å². The Balaban J connectivity index is 1.62. The van der Waals surface area contributed by atoms with E-state index in [0.717, 1.165) is 5.56 Å². The van der Waals surface area contributed by atoms with Gasteiger partial charge in [-0.1, -0.05) is 41.9 Å². The van der Waals surface area contributed by atoms with Crippen molar-refractivity contribution in [3.05, 3.63) is 97.6 Å². The van der Waals surface area contributed by atoms with Crippen LogP contribution in [-0.4, -0.2) is 15.5 Å². The summed E-state index contributed by atoms with van der Waals surface area (Å²) in [5.41, 5.74) is 1.78. The molecule has 2 heterocycles. The Kier molecular flexibility index (Phi) is 5.65. The van der Waals surface area contributed by atoms with Gasteiger partial charge in [0, 0.05) is 11.6 Å². The third-order valence-corrected chi connectivity index (χ3v) is 6.33. The van der Waals surface area contributed by atoms with Gasteiger partial charge in [-0.15, -0.1) is 11.3 Å². The Morgan fingerprint density at radius 3 is 2.80 bits per heavy atom. The predicted octanol–water partition coefficient (Wildman–Crippen LogP) is 4.54. The van der Waals surface area contributed by atoms with Crippen molar-refractivity contribution in [3.63, 3.8) is 0 Å². The lowest BCUT2D eigenvalue weighted by molar-refractivity contribution is 0.0954. The third-order valence-electron chi connectivity index (χ3n) is 4.76. The number of rotatable bonds is 5. The molecule has 4 aromatic rings. The fourth-order valence-corrected chi connectivity index (χ4v) is 4.48. The lowest BCUT2D eigenvalue weighted by atomic mass is 10.2. The number of carbonyl (C=O) groups is 1. The van der Waals surface area contributed by atoms with Crippen molar-refractivity contribution in [1.29, 1.82) is 0 Å². The van der Waals surface area contributed by atoms with Gasteiger partial charge in [-0.05, 0) is 41.8 Å². The maximum atomic E-state index is 13.4. The molecule has 0 saturated carbocycles. The van der Waals surface area contributed by atoms with Crippen LogP contribution >= 0.6 is 22.9 Å². The number of amides is 1. The van der Waals surface area contributed by atoms with E-state index >= 15 is 0 Å². The number of thiophene rings is 1. The predicted molar refractivity (Wildman–Crippen MR) is 117 cm³/mol. The number of fused-ring (bicyclic) bond motifs is 1. The highest BCUT2D eigenvalue weighted by Crippen LogP contribution is 2.27. The van der Waals surface area contributed by atoms with Crippen LogP contribution in [0, 0.1) is 12.7 Å². The van der Waals surface area contributed by atoms with Gasteiger partial charge in [0.25, 0.3) is 11.5 Å². The molecular weight excluding hydrogens is 425 g/mol. The van der Waals surface area contributed by atoms with Gasteiger partial charge in [0.2, 0.25) is 0 Å². The molecule has 4 rings (SSSR count). The average molecular weight is 442 g/mol. The Morgan fingerprint density at radius 1 is 1.23 bits per heavy atom. The minimum absolute atomic E-state index is 0.197. The van der Waals surface area contributed by atoms with Gasteiger partial charge < -0.3 is 5.32 Å². The van der Waals surface area contributed by atoms with Crippen molar-refractivity contribution in [2.45, 2.75) is 20.0 Å². The second kappa shape index (κ2) is 8.38. The van der Waals surface area contributed by atoms with Crippen LogP contribution in [0.2, 0.25) is 5.02 Å². The number of hydrogen-bond donors (Lipinski definition) is 1. The molecule has 0 atom stereocenters. The molecule has 152 valence electrons. The minimum atomic E-state index is -0.362. The lowest BCUT2D eigenvalue weighted by Gasteiger charge is -2.06. The highest BCUT2D eigenvalue weighted by molar-refractivity contribution is 7.20. The summed E-state index contributed by atoms with van der Waals surface area (Å²) in [4.78, 5) is 31.0. The quantitative estimate of drug-likeness (QED) is 0.494. The molecule has 0 bridgehead atoms. The van der Waals surface area contributed by atoms with Gasteiger partial charge >= 0.3 is 0 Å². The molecule has 2 aromatic heterocycles. The highest BCUT2D eigenvalue weighted by atomic mass is 35.5. The maximum Gasteiger partial charge on any atom is 0.262 e. The third kappa shape index (κ3) is 3.99. The molecule has 0 unspecified atom stereocenters. The molecule has 0 saturated heterocycles. The molecule has 0 fully saturated rings. The molecule has 1 N–H and O–H groups in total. The number of carbonyl (C=O) groups excluding carboxylic acids is 1. The largest absolute Gasteiger partial charge is 0.347 e. The smallest absolute Gasteiger partial charge is 0.262 e. The van der Waals surface area contributed by atoms with Crippen molar-refractivity contribution in [2.75, 3.05) is 0 Å². The summed E-state index contributed by atoms with van der Waals surface area (Å²) in [5, 5.41) is 3.83. The zero-order chi connectivity index (χ0) is 21.3. The van der Waals surface area contributed by atoms with E-state index in [1.165, 1.54) is 34.4 Å². The zero-order valence-corrected chi connectivity index (χ0v) is 17.6. The van der Waals surface area contributed by atoms with Crippen LogP contribution in [0.3, 0.4) is 0 Å². The van der Waals surface area contributed by atoms with Crippen LogP contribution in [0.15, 0.2) is 59.7 Å². The SMILES string of the molecule is Cc1c(C(=O)NCc2ccccc2Cl)sc2ncn(Cc3cccc(F)c3)c(=O)c12. The molecule has 1 amide bonds. The van der Waals surface area contributed by atoms with Crippen molar-refractivity contribution in [2.24, 2.45) is 0 Å². The van der Waals surface area contributed by atoms with Gasteiger partial charge in [-0.25, -0.2) is 9.37 Å². The summed E-state index contributed by atoms with van der Waals surface area (Å²) in [6, 6.07) is 13.3. The number of hydrogen-bond acceptors (Lipinski definition) is 4. The Bertz CT molecular complexity index is 1320. The molecule has 5 nitrogen and oxygen atoms in total. The van der Waals surface area contributed by atoms with E-state index < -0.39 is 0 Å². The van der Waals surface area contributed by atoms with E-state index in [0.29, 0.717) is 31.2 Å². The van der Waals surface area contributed by atoms with Crippen LogP contribution in [0.5, 0.6) is 0 Å². The van der Waals surface area contributed by atoms with Crippen molar-refractivity contribution >= 4 is 39.1 Å². The molecule has 0 aliphatic carbocycles. The molecule has 8 heteroatoms. The topological polar surface area (TPSA) is 64.0 Å². The molecule has 0 radical (unpaired) electrons. The van der Waals surface area contributed by atoms with Crippen LogP contribution in [-0.2, 0) is 13.1 Å². The first kappa shape index (κ1) is 20.3.